The largest absolute Gasteiger partial charge is 0.383 e. The van der Waals surface area contributed by atoms with Crippen molar-refractivity contribution in [3.05, 3.63) is 0 Å². The Bertz CT molecular complexity index is 181. The molecule has 0 aliphatic rings. The van der Waals surface area contributed by atoms with Crippen LogP contribution in [0.2, 0.25) is 0 Å². The van der Waals surface area contributed by atoms with Gasteiger partial charge in [-0.1, -0.05) is 0 Å². The molecule has 0 saturated carbocycles. The van der Waals surface area contributed by atoms with Crippen LogP contribution in [0.4, 0.5) is 0 Å². The average Bonchev–Trinajstić information content (AvgIpc) is 2.23. The summed E-state index contributed by atoms with van der Waals surface area (Å²) in [5, 5.41) is 6.77. The second-order valence-electron chi connectivity index (χ2n) is 3.36. The van der Waals surface area contributed by atoms with Gasteiger partial charge in [-0.05, 0) is 19.1 Å². The maximum Gasteiger partial charge on any atom is 0.166 e. The molecule has 0 fully saturated rings. The third-order valence-corrected chi connectivity index (χ3v) is 2.02. The van der Waals surface area contributed by atoms with Crippen LogP contribution < -0.4 is 10.6 Å². The minimum atomic E-state index is 0.208. The number of ether oxygens (including phenoxy) is 3. The summed E-state index contributed by atoms with van der Waals surface area (Å²) in [6.45, 7) is 5.17. The molecule has 2 N–H and O–H groups in total. The van der Waals surface area contributed by atoms with Gasteiger partial charge >= 0.3 is 0 Å². The molecule has 0 amide bonds. The highest BCUT2D eigenvalue weighted by atomic mass is 32.1. The van der Waals surface area contributed by atoms with E-state index in [0.29, 0.717) is 38.1 Å². The van der Waals surface area contributed by atoms with Crippen molar-refractivity contribution in [2.24, 2.45) is 0 Å². The minimum Gasteiger partial charge on any atom is -0.383 e. The van der Waals surface area contributed by atoms with Crippen LogP contribution in [-0.2, 0) is 14.2 Å². The summed E-state index contributed by atoms with van der Waals surface area (Å²) >= 11 is 5.09. The van der Waals surface area contributed by atoms with Crippen molar-refractivity contribution in [1.82, 2.24) is 10.6 Å². The summed E-state index contributed by atoms with van der Waals surface area (Å²) in [4.78, 5) is 0. The van der Waals surface area contributed by atoms with Crippen molar-refractivity contribution >= 4 is 17.3 Å². The third kappa shape index (κ3) is 10.1. The van der Waals surface area contributed by atoms with Gasteiger partial charge in [0.1, 0.15) is 0 Å². The van der Waals surface area contributed by atoms with E-state index in [9.17, 15) is 0 Å². The van der Waals surface area contributed by atoms with E-state index in [4.69, 9.17) is 26.4 Å². The average molecular weight is 250 g/mol. The molecule has 96 valence electrons. The van der Waals surface area contributed by atoms with Crippen LogP contribution in [0.1, 0.15) is 6.92 Å². The number of thiocarbonyl (C=S) groups is 1. The van der Waals surface area contributed by atoms with Gasteiger partial charge in [0.25, 0.3) is 0 Å². The molecule has 0 aromatic carbocycles. The Morgan fingerprint density at radius 2 is 1.94 bits per heavy atom. The summed E-state index contributed by atoms with van der Waals surface area (Å²) in [6, 6.07) is 0.208. The zero-order valence-electron chi connectivity index (χ0n) is 10.2. The summed E-state index contributed by atoms with van der Waals surface area (Å²) in [5.41, 5.74) is 0. The van der Waals surface area contributed by atoms with Gasteiger partial charge in [-0.15, -0.1) is 0 Å². The van der Waals surface area contributed by atoms with Crippen molar-refractivity contribution in [3.8, 4) is 0 Å². The monoisotopic (exact) mass is 250 g/mol. The number of hydrogen-bond acceptors (Lipinski definition) is 4. The third-order valence-electron chi connectivity index (χ3n) is 1.76. The fourth-order valence-electron chi connectivity index (χ4n) is 1.05. The first-order chi connectivity index (χ1) is 7.70. The second kappa shape index (κ2) is 11.1. The lowest BCUT2D eigenvalue weighted by molar-refractivity contribution is 0.0733. The normalized spacial score (nSPS) is 12.2. The highest BCUT2D eigenvalue weighted by Crippen LogP contribution is 1.82. The fraction of sp³-hybridized carbons (Fsp3) is 0.900. The van der Waals surface area contributed by atoms with E-state index in [1.807, 2.05) is 6.92 Å². The molecule has 0 rings (SSSR count). The van der Waals surface area contributed by atoms with E-state index < -0.39 is 0 Å². The second-order valence-corrected chi connectivity index (χ2v) is 3.77. The molecule has 5 nitrogen and oxygen atoms in total. The van der Waals surface area contributed by atoms with Crippen molar-refractivity contribution in [1.29, 1.82) is 0 Å². The fourth-order valence-corrected chi connectivity index (χ4v) is 1.35. The number of nitrogens with one attached hydrogen (secondary N) is 2. The highest BCUT2D eigenvalue weighted by molar-refractivity contribution is 7.80. The van der Waals surface area contributed by atoms with Crippen molar-refractivity contribution in [3.63, 3.8) is 0 Å². The zero-order chi connectivity index (χ0) is 12.2. The predicted octanol–water partition coefficient (Wildman–Crippen LogP) is 0.148. The highest BCUT2D eigenvalue weighted by Gasteiger charge is 2.02. The summed E-state index contributed by atoms with van der Waals surface area (Å²) < 4.78 is 15.1. The Kier molecular flexibility index (Phi) is 10.8. The van der Waals surface area contributed by atoms with Gasteiger partial charge in [-0.2, -0.15) is 0 Å². The van der Waals surface area contributed by atoms with Crippen LogP contribution in [0, 0.1) is 0 Å². The first kappa shape index (κ1) is 15.6. The Labute approximate surface area is 103 Å². The maximum absolute atomic E-state index is 5.28. The van der Waals surface area contributed by atoms with E-state index in [1.165, 1.54) is 0 Å². The molecule has 0 saturated heterocycles. The van der Waals surface area contributed by atoms with E-state index >= 15 is 0 Å². The lowest BCUT2D eigenvalue weighted by atomic mass is 10.4. The van der Waals surface area contributed by atoms with Crippen LogP contribution in [0.5, 0.6) is 0 Å². The van der Waals surface area contributed by atoms with Gasteiger partial charge in [0.05, 0.1) is 26.4 Å². The molecule has 0 aliphatic carbocycles. The minimum absolute atomic E-state index is 0.208. The van der Waals surface area contributed by atoms with E-state index in [1.54, 1.807) is 14.2 Å². The molecule has 0 radical (unpaired) electrons. The van der Waals surface area contributed by atoms with Crippen LogP contribution in [-0.4, -0.2) is 58.3 Å². The van der Waals surface area contributed by atoms with Gasteiger partial charge in [0.15, 0.2) is 5.11 Å². The van der Waals surface area contributed by atoms with Gasteiger partial charge in [0.2, 0.25) is 0 Å². The Morgan fingerprint density at radius 1 is 1.19 bits per heavy atom. The van der Waals surface area contributed by atoms with E-state index in [2.05, 4.69) is 10.6 Å². The predicted molar refractivity (Wildman–Crippen MR) is 67.8 cm³/mol. The molecule has 0 heterocycles. The van der Waals surface area contributed by atoms with Crippen LogP contribution in [0.25, 0.3) is 0 Å². The lowest BCUT2D eigenvalue weighted by Crippen LogP contribution is -2.43. The quantitative estimate of drug-likeness (QED) is 0.449. The molecular formula is C10H22N2O3S. The first-order valence-electron chi connectivity index (χ1n) is 5.30. The lowest BCUT2D eigenvalue weighted by Gasteiger charge is -2.16. The van der Waals surface area contributed by atoms with E-state index in [-0.39, 0.29) is 6.04 Å². The summed E-state index contributed by atoms with van der Waals surface area (Å²) in [6.07, 6.45) is 0. The molecule has 1 unspecified atom stereocenters. The zero-order valence-corrected chi connectivity index (χ0v) is 11.1. The number of methoxy groups -OCH3 is 2. The molecule has 6 heteroatoms. The topological polar surface area (TPSA) is 51.8 Å². The van der Waals surface area contributed by atoms with Gasteiger partial charge < -0.3 is 24.8 Å². The van der Waals surface area contributed by atoms with Crippen LogP contribution in [0.3, 0.4) is 0 Å². The molecule has 0 aliphatic heterocycles. The Hall–Kier alpha value is -0.430. The molecule has 0 aromatic heterocycles. The summed E-state index contributed by atoms with van der Waals surface area (Å²) in [7, 11) is 3.32. The number of rotatable bonds is 9. The van der Waals surface area contributed by atoms with Gasteiger partial charge in [-0.25, -0.2) is 0 Å². The molecule has 1 atom stereocenters. The van der Waals surface area contributed by atoms with Gasteiger partial charge in [0, 0.05) is 26.8 Å². The molecular weight excluding hydrogens is 228 g/mol. The Morgan fingerprint density at radius 3 is 2.56 bits per heavy atom. The SMILES string of the molecule is COCCOCCNC(=S)NC(C)COC. The molecule has 0 aromatic rings. The first-order valence-corrected chi connectivity index (χ1v) is 5.71. The summed E-state index contributed by atoms with van der Waals surface area (Å²) in [5.74, 6) is 0. The van der Waals surface area contributed by atoms with Crippen molar-refractivity contribution in [2.75, 3.05) is 47.2 Å². The van der Waals surface area contributed by atoms with Crippen LogP contribution >= 0.6 is 12.2 Å². The van der Waals surface area contributed by atoms with Gasteiger partial charge in [-0.3, -0.25) is 0 Å². The molecule has 0 spiro atoms. The van der Waals surface area contributed by atoms with Crippen LogP contribution in [0.15, 0.2) is 0 Å². The maximum atomic E-state index is 5.28. The van der Waals surface area contributed by atoms with E-state index in [0.717, 1.165) is 0 Å². The number of hydrogen-bond donors (Lipinski definition) is 2. The molecule has 0 bridgehead atoms. The molecule has 16 heavy (non-hydrogen) atoms. The van der Waals surface area contributed by atoms with Crippen molar-refractivity contribution < 1.29 is 14.2 Å². The standard InChI is InChI=1S/C10H22N2O3S/c1-9(8-14-3)12-10(16)11-4-5-15-7-6-13-2/h9H,4-8H2,1-3H3,(H2,11,12,16). The smallest absolute Gasteiger partial charge is 0.166 e. The van der Waals surface area contributed by atoms with Crippen molar-refractivity contribution in [2.45, 2.75) is 13.0 Å². The Balaban J connectivity index is 3.30.